The molecule has 0 fully saturated rings. The summed E-state index contributed by atoms with van der Waals surface area (Å²) >= 11 is 5.77. The molecule has 0 aliphatic carbocycles. The van der Waals surface area contributed by atoms with Crippen LogP contribution in [0.4, 0.5) is 5.95 Å². The van der Waals surface area contributed by atoms with E-state index in [1.54, 1.807) is 38.1 Å². The highest BCUT2D eigenvalue weighted by Gasteiger charge is 2.16. The maximum atomic E-state index is 11.8. The molecule has 0 bridgehead atoms. The highest BCUT2D eigenvalue weighted by atomic mass is 35.5. The number of H-pyrrole nitrogens is 1. The first-order valence-electron chi connectivity index (χ1n) is 5.66. The van der Waals surface area contributed by atoms with E-state index in [4.69, 9.17) is 16.3 Å². The number of hydrogen-bond acceptors (Lipinski definition) is 4. The first-order valence-corrected chi connectivity index (χ1v) is 6.04. The number of aryl methyl sites for hydroxylation is 1. The molecule has 2 N–H and O–H groups in total. The second kappa shape index (κ2) is 5.71. The van der Waals surface area contributed by atoms with Gasteiger partial charge in [0.25, 0.3) is 5.91 Å². The summed E-state index contributed by atoms with van der Waals surface area (Å²) in [5.74, 6) is 1.10. The van der Waals surface area contributed by atoms with Crippen molar-refractivity contribution < 1.29 is 9.53 Å². The molecular weight excluding hydrogens is 268 g/mol. The van der Waals surface area contributed by atoms with Crippen molar-refractivity contribution in [2.75, 3.05) is 5.32 Å². The van der Waals surface area contributed by atoms with Crippen LogP contribution in [0.25, 0.3) is 0 Å². The van der Waals surface area contributed by atoms with Crippen molar-refractivity contribution in [1.82, 2.24) is 15.2 Å². The molecule has 1 atom stereocenters. The number of hydrogen-bond donors (Lipinski definition) is 2. The highest BCUT2D eigenvalue weighted by molar-refractivity contribution is 6.30. The van der Waals surface area contributed by atoms with Crippen LogP contribution in [0.3, 0.4) is 0 Å². The summed E-state index contributed by atoms with van der Waals surface area (Å²) in [7, 11) is 0. The van der Waals surface area contributed by atoms with Gasteiger partial charge in [0.05, 0.1) is 0 Å². The summed E-state index contributed by atoms with van der Waals surface area (Å²) in [6.45, 7) is 3.39. The van der Waals surface area contributed by atoms with Gasteiger partial charge >= 0.3 is 0 Å². The van der Waals surface area contributed by atoms with E-state index in [1.807, 2.05) is 0 Å². The highest BCUT2D eigenvalue weighted by Crippen LogP contribution is 2.17. The van der Waals surface area contributed by atoms with Gasteiger partial charge in [0.15, 0.2) is 6.10 Å². The lowest BCUT2D eigenvalue weighted by atomic mass is 10.3. The van der Waals surface area contributed by atoms with Gasteiger partial charge in [-0.15, -0.1) is 5.10 Å². The predicted molar refractivity (Wildman–Crippen MR) is 71.3 cm³/mol. The standard InChI is InChI=1S/C12H13ClN4O2/c1-7(19-10-5-3-9(13)4-6-10)11(18)15-12-14-8(2)16-17-12/h3-7H,1-2H3,(H2,14,15,16,17,18). The van der Waals surface area contributed by atoms with Gasteiger partial charge in [0.1, 0.15) is 11.6 Å². The van der Waals surface area contributed by atoms with Crippen molar-refractivity contribution in [1.29, 1.82) is 0 Å². The quantitative estimate of drug-likeness (QED) is 0.899. The Balaban J connectivity index is 1.94. The number of rotatable bonds is 4. The molecular formula is C12H13ClN4O2. The molecule has 0 spiro atoms. The van der Waals surface area contributed by atoms with E-state index in [2.05, 4.69) is 20.5 Å². The lowest BCUT2D eigenvalue weighted by Crippen LogP contribution is -2.30. The van der Waals surface area contributed by atoms with E-state index in [9.17, 15) is 4.79 Å². The van der Waals surface area contributed by atoms with Crippen molar-refractivity contribution in [3.63, 3.8) is 0 Å². The van der Waals surface area contributed by atoms with Crippen LogP contribution in [0.5, 0.6) is 5.75 Å². The fourth-order valence-electron chi connectivity index (χ4n) is 1.38. The molecule has 1 unspecified atom stereocenters. The number of aromatic amines is 1. The third-order valence-corrected chi connectivity index (χ3v) is 2.58. The molecule has 0 saturated heterocycles. The van der Waals surface area contributed by atoms with Gasteiger partial charge in [-0.3, -0.25) is 15.2 Å². The lowest BCUT2D eigenvalue weighted by Gasteiger charge is -2.13. The monoisotopic (exact) mass is 280 g/mol. The van der Waals surface area contributed by atoms with Gasteiger partial charge in [-0.05, 0) is 38.1 Å². The van der Waals surface area contributed by atoms with Crippen LogP contribution in [0, 0.1) is 6.92 Å². The summed E-state index contributed by atoms with van der Waals surface area (Å²) in [6, 6.07) is 6.78. The zero-order chi connectivity index (χ0) is 13.8. The van der Waals surface area contributed by atoms with E-state index < -0.39 is 6.10 Å². The van der Waals surface area contributed by atoms with Gasteiger partial charge in [0.2, 0.25) is 5.95 Å². The van der Waals surface area contributed by atoms with Gasteiger partial charge < -0.3 is 4.74 Å². The minimum absolute atomic E-state index is 0.231. The Hall–Kier alpha value is -2.08. The number of nitrogens with one attached hydrogen (secondary N) is 2. The first kappa shape index (κ1) is 13.4. The van der Waals surface area contributed by atoms with E-state index in [-0.39, 0.29) is 11.9 Å². The normalized spacial score (nSPS) is 11.9. The Morgan fingerprint density at radius 3 is 2.68 bits per heavy atom. The van der Waals surface area contributed by atoms with Crippen molar-refractivity contribution >= 4 is 23.5 Å². The molecule has 0 aliphatic heterocycles. The Morgan fingerprint density at radius 2 is 2.11 bits per heavy atom. The number of nitrogens with zero attached hydrogens (tertiary/aromatic N) is 2. The molecule has 6 nitrogen and oxygen atoms in total. The number of anilines is 1. The molecule has 1 amide bonds. The number of halogens is 1. The fraction of sp³-hybridized carbons (Fsp3) is 0.250. The van der Waals surface area contributed by atoms with Crippen molar-refractivity contribution in [2.45, 2.75) is 20.0 Å². The number of aromatic nitrogens is 3. The zero-order valence-electron chi connectivity index (χ0n) is 10.5. The van der Waals surface area contributed by atoms with Crippen LogP contribution in [0.15, 0.2) is 24.3 Å². The van der Waals surface area contributed by atoms with E-state index in [0.29, 0.717) is 16.6 Å². The maximum absolute atomic E-state index is 11.8. The summed E-state index contributed by atoms with van der Waals surface area (Å²) in [5.41, 5.74) is 0. The number of ether oxygens (including phenoxy) is 1. The summed E-state index contributed by atoms with van der Waals surface area (Å²) < 4.78 is 5.47. The van der Waals surface area contributed by atoms with Crippen LogP contribution in [0.2, 0.25) is 5.02 Å². The van der Waals surface area contributed by atoms with Crippen LogP contribution < -0.4 is 10.1 Å². The number of amides is 1. The minimum Gasteiger partial charge on any atom is -0.481 e. The van der Waals surface area contributed by atoms with Gasteiger partial charge in [0, 0.05) is 5.02 Å². The van der Waals surface area contributed by atoms with Gasteiger partial charge in [-0.1, -0.05) is 11.6 Å². The average molecular weight is 281 g/mol. The third-order valence-electron chi connectivity index (χ3n) is 2.33. The van der Waals surface area contributed by atoms with Crippen molar-refractivity contribution in [3.8, 4) is 5.75 Å². The Bertz CT molecular complexity index is 567. The largest absolute Gasteiger partial charge is 0.481 e. The zero-order valence-corrected chi connectivity index (χ0v) is 11.2. The second-order valence-corrected chi connectivity index (χ2v) is 4.38. The number of carbonyl (C=O) groups is 1. The third kappa shape index (κ3) is 3.69. The lowest BCUT2D eigenvalue weighted by molar-refractivity contribution is -0.122. The molecule has 0 aliphatic rings. The van der Waals surface area contributed by atoms with Crippen LogP contribution >= 0.6 is 11.6 Å². The molecule has 2 rings (SSSR count). The minimum atomic E-state index is -0.667. The van der Waals surface area contributed by atoms with Crippen LogP contribution in [0.1, 0.15) is 12.7 Å². The summed E-state index contributed by atoms with van der Waals surface area (Å²) in [5, 5.41) is 9.62. The first-order chi connectivity index (χ1) is 9.04. The Labute approximate surface area is 115 Å². The Morgan fingerprint density at radius 1 is 1.42 bits per heavy atom. The molecule has 1 heterocycles. The molecule has 1 aromatic carbocycles. The molecule has 0 radical (unpaired) electrons. The molecule has 19 heavy (non-hydrogen) atoms. The SMILES string of the molecule is Cc1nc(NC(=O)C(C)Oc2ccc(Cl)cc2)n[nH]1. The molecule has 0 saturated carbocycles. The van der Waals surface area contributed by atoms with Gasteiger partial charge in [-0.2, -0.15) is 4.98 Å². The second-order valence-electron chi connectivity index (χ2n) is 3.95. The molecule has 100 valence electrons. The van der Waals surface area contributed by atoms with E-state index in [1.165, 1.54) is 0 Å². The van der Waals surface area contributed by atoms with Crippen LogP contribution in [-0.2, 0) is 4.79 Å². The Kier molecular flexibility index (Phi) is 4.01. The fourth-order valence-corrected chi connectivity index (χ4v) is 1.51. The summed E-state index contributed by atoms with van der Waals surface area (Å²) in [4.78, 5) is 15.8. The summed E-state index contributed by atoms with van der Waals surface area (Å²) in [6.07, 6.45) is -0.667. The maximum Gasteiger partial charge on any atom is 0.267 e. The smallest absolute Gasteiger partial charge is 0.267 e. The van der Waals surface area contributed by atoms with Crippen LogP contribution in [-0.4, -0.2) is 27.2 Å². The molecule has 1 aromatic heterocycles. The topological polar surface area (TPSA) is 79.9 Å². The molecule has 2 aromatic rings. The van der Waals surface area contributed by atoms with Gasteiger partial charge in [-0.25, -0.2) is 0 Å². The van der Waals surface area contributed by atoms with Crippen molar-refractivity contribution in [3.05, 3.63) is 35.1 Å². The van der Waals surface area contributed by atoms with Crippen molar-refractivity contribution in [2.24, 2.45) is 0 Å². The van der Waals surface area contributed by atoms with E-state index >= 15 is 0 Å². The predicted octanol–water partition coefficient (Wildman–Crippen LogP) is 2.17. The van der Waals surface area contributed by atoms with E-state index in [0.717, 1.165) is 0 Å². The molecule has 7 heteroatoms. The average Bonchev–Trinajstić information content (AvgIpc) is 2.77. The number of benzene rings is 1. The number of carbonyl (C=O) groups excluding carboxylic acids is 1.